The van der Waals surface area contributed by atoms with Crippen LogP contribution in [0, 0.1) is 10.1 Å². The molecule has 4 nitrogen and oxygen atoms in total. The van der Waals surface area contributed by atoms with Crippen LogP contribution < -0.4 is 0 Å². The van der Waals surface area contributed by atoms with Gasteiger partial charge in [0.05, 0.1) is 15.1 Å². The first kappa shape index (κ1) is 18.2. The lowest BCUT2D eigenvalue weighted by Crippen LogP contribution is -1.91. The van der Waals surface area contributed by atoms with Crippen molar-refractivity contribution in [2.24, 2.45) is 0 Å². The molecule has 0 bridgehead atoms. The van der Waals surface area contributed by atoms with Crippen molar-refractivity contribution < 1.29 is 4.92 Å². The maximum atomic E-state index is 11.4. The van der Waals surface area contributed by atoms with E-state index < -0.39 is 0 Å². The number of non-ortho nitro benzene ring substituents is 1. The van der Waals surface area contributed by atoms with E-state index in [-0.39, 0.29) is 10.6 Å². The molecule has 0 aliphatic heterocycles. The third-order valence-electron chi connectivity index (χ3n) is 5.04. The van der Waals surface area contributed by atoms with Gasteiger partial charge < -0.3 is 0 Å². The fourth-order valence-corrected chi connectivity index (χ4v) is 4.54. The predicted molar refractivity (Wildman–Crippen MR) is 123 cm³/mol. The van der Waals surface area contributed by atoms with E-state index in [1.54, 1.807) is 29.5 Å². The highest BCUT2D eigenvalue weighted by Crippen LogP contribution is 2.39. The Morgan fingerprint density at radius 1 is 0.700 bits per heavy atom. The summed E-state index contributed by atoms with van der Waals surface area (Å²) in [5.41, 5.74) is 5.87. The zero-order valence-electron chi connectivity index (χ0n) is 15.9. The lowest BCUT2D eigenvalue weighted by Gasteiger charge is -2.09. The normalized spacial score (nSPS) is 10.9. The first-order valence-electron chi connectivity index (χ1n) is 9.49. The lowest BCUT2D eigenvalue weighted by molar-refractivity contribution is -0.384. The fraction of sp³-hybridized carbons (Fsp3) is 0. The van der Waals surface area contributed by atoms with Crippen LogP contribution in [-0.4, -0.2) is 9.91 Å². The second-order valence-corrected chi connectivity index (χ2v) is 7.95. The number of nitrogens with zero attached hydrogens (tertiary/aromatic N) is 2. The molecule has 1 heterocycles. The van der Waals surface area contributed by atoms with Gasteiger partial charge in [-0.1, -0.05) is 66.7 Å². The molecule has 5 aromatic rings. The Bertz CT molecular complexity index is 1330. The highest BCUT2D eigenvalue weighted by molar-refractivity contribution is 7.21. The molecular formula is C25H16N2O2S. The summed E-state index contributed by atoms with van der Waals surface area (Å²) < 4.78 is 1.09. The van der Waals surface area contributed by atoms with E-state index in [1.807, 2.05) is 66.7 Å². The summed E-state index contributed by atoms with van der Waals surface area (Å²) >= 11 is 1.59. The molecule has 0 saturated carbocycles. The number of thiazole rings is 1. The summed E-state index contributed by atoms with van der Waals surface area (Å²) in [6, 6.07) is 31.2. The van der Waals surface area contributed by atoms with Gasteiger partial charge in [0, 0.05) is 17.7 Å². The average Bonchev–Trinajstić information content (AvgIpc) is 3.23. The Balaban J connectivity index is 1.64. The topological polar surface area (TPSA) is 56.0 Å². The van der Waals surface area contributed by atoms with Gasteiger partial charge in [-0.15, -0.1) is 11.3 Å². The van der Waals surface area contributed by atoms with Crippen LogP contribution in [0.4, 0.5) is 5.69 Å². The van der Waals surface area contributed by atoms with Crippen LogP contribution in [0.2, 0.25) is 0 Å². The van der Waals surface area contributed by atoms with Crippen molar-refractivity contribution in [3.05, 3.63) is 107 Å². The van der Waals surface area contributed by atoms with Gasteiger partial charge in [-0.2, -0.15) is 0 Å². The van der Waals surface area contributed by atoms with Crippen molar-refractivity contribution in [1.82, 2.24) is 4.98 Å². The first-order chi connectivity index (χ1) is 14.7. The SMILES string of the molecule is O=[N+]([O-])c1ccc(-c2nc3ccccc3s2)c(-c2ccc(-c3ccccc3)cc2)c1. The molecule has 0 N–H and O–H groups in total. The first-order valence-corrected chi connectivity index (χ1v) is 10.3. The Kier molecular flexibility index (Phi) is 4.58. The third-order valence-corrected chi connectivity index (χ3v) is 6.11. The van der Waals surface area contributed by atoms with Crippen LogP contribution in [0.1, 0.15) is 0 Å². The molecule has 4 aromatic carbocycles. The van der Waals surface area contributed by atoms with Crippen molar-refractivity contribution in [2.45, 2.75) is 0 Å². The van der Waals surface area contributed by atoms with Crippen molar-refractivity contribution in [3.63, 3.8) is 0 Å². The van der Waals surface area contributed by atoms with E-state index >= 15 is 0 Å². The van der Waals surface area contributed by atoms with Crippen LogP contribution in [-0.2, 0) is 0 Å². The molecule has 0 spiro atoms. The number of fused-ring (bicyclic) bond motifs is 1. The van der Waals surface area contributed by atoms with Crippen molar-refractivity contribution in [3.8, 4) is 32.8 Å². The minimum Gasteiger partial charge on any atom is -0.258 e. The molecule has 5 heteroatoms. The minimum absolute atomic E-state index is 0.0713. The number of rotatable bonds is 4. The summed E-state index contributed by atoms with van der Waals surface area (Å²) in [6.07, 6.45) is 0. The number of hydrogen-bond donors (Lipinski definition) is 0. The second kappa shape index (κ2) is 7.54. The van der Waals surface area contributed by atoms with Gasteiger partial charge in [0.15, 0.2) is 0 Å². The molecule has 5 rings (SSSR count). The minimum atomic E-state index is -0.357. The predicted octanol–water partition coefficient (Wildman–Crippen LogP) is 7.21. The largest absolute Gasteiger partial charge is 0.270 e. The van der Waals surface area contributed by atoms with Crippen LogP contribution in [0.3, 0.4) is 0 Å². The molecule has 0 aliphatic carbocycles. The van der Waals surface area contributed by atoms with E-state index in [0.717, 1.165) is 43.0 Å². The zero-order chi connectivity index (χ0) is 20.5. The van der Waals surface area contributed by atoms with Gasteiger partial charge in [0.2, 0.25) is 0 Å². The van der Waals surface area contributed by atoms with E-state index in [4.69, 9.17) is 4.98 Å². The Morgan fingerprint density at radius 2 is 1.37 bits per heavy atom. The van der Waals surface area contributed by atoms with Gasteiger partial charge in [-0.3, -0.25) is 10.1 Å². The van der Waals surface area contributed by atoms with Crippen molar-refractivity contribution in [1.29, 1.82) is 0 Å². The van der Waals surface area contributed by atoms with Gasteiger partial charge >= 0.3 is 0 Å². The van der Waals surface area contributed by atoms with Crippen molar-refractivity contribution >= 4 is 27.2 Å². The molecular weight excluding hydrogens is 392 g/mol. The number of nitro benzene ring substituents is 1. The molecule has 0 radical (unpaired) electrons. The van der Waals surface area contributed by atoms with E-state index in [1.165, 1.54) is 0 Å². The third kappa shape index (κ3) is 3.36. The standard InChI is InChI=1S/C25H16N2O2S/c28-27(29)20-14-15-21(25-26-23-8-4-5-9-24(23)30-25)22(16-20)19-12-10-18(11-13-19)17-6-2-1-3-7-17/h1-16H. The smallest absolute Gasteiger partial charge is 0.258 e. The Hall–Kier alpha value is -3.83. The quantitative estimate of drug-likeness (QED) is 0.233. The number of benzene rings is 4. The summed E-state index contributed by atoms with van der Waals surface area (Å²) in [5.74, 6) is 0. The summed E-state index contributed by atoms with van der Waals surface area (Å²) in [6.45, 7) is 0. The molecule has 0 fully saturated rings. The Morgan fingerprint density at radius 3 is 2.10 bits per heavy atom. The molecule has 144 valence electrons. The molecule has 0 aliphatic rings. The second-order valence-electron chi connectivity index (χ2n) is 6.92. The summed E-state index contributed by atoms with van der Waals surface area (Å²) in [5, 5.41) is 12.3. The maximum absolute atomic E-state index is 11.4. The number of aromatic nitrogens is 1. The van der Waals surface area contributed by atoms with Crippen LogP contribution >= 0.6 is 11.3 Å². The zero-order valence-corrected chi connectivity index (χ0v) is 16.7. The van der Waals surface area contributed by atoms with E-state index in [9.17, 15) is 10.1 Å². The lowest BCUT2D eigenvalue weighted by atomic mass is 9.96. The monoisotopic (exact) mass is 408 g/mol. The van der Waals surface area contributed by atoms with Gasteiger partial charge in [0.25, 0.3) is 5.69 Å². The molecule has 0 amide bonds. The number of nitro groups is 1. The number of para-hydroxylation sites is 1. The van der Waals surface area contributed by atoms with Gasteiger partial charge in [0.1, 0.15) is 5.01 Å². The van der Waals surface area contributed by atoms with Crippen molar-refractivity contribution in [2.75, 3.05) is 0 Å². The molecule has 30 heavy (non-hydrogen) atoms. The van der Waals surface area contributed by atoms with E-state index in [0.29, 0.717) is 0 Å². The molecule has 0 saturated heterocycles. The molecule has 1 aromatic heterocycles. The van der Waals surface area contributed by atoms with Crippen LogP contribution in [0.15, 0.2) is 97.1 Å². The van der Waals surface area contributed by atoms with Gasteiger partial charge in [-0.25, -0.2) is 4.98 Å². The summed E-state index contributed by atoms with van der Waals surface area (Å²) in [4.78, 5) is 15.8. The maximum Gasteiger partial charge on any atom is 0.270 e. The average molecular weight is 408 g/mol. The van der Waals surface area contributed by atoms with Crippen LogP contribution in [0.5, 0.6) is 0 Å². The fourth-order valence-electron chi connectivity index (χ4n) is 3.53. The van der Waals surface area contributed by atoms with Crippen LogP contribution in [0.25, 0.3) is 43.0 Å². The molecule has 0 unspecified atom stereocenters. The summed E-state index contributed by atoms with van der Waals surface area (Å²) in [7, 11) is 0. The molecule has 0 atom stereocenters. The number of hydrogen-bond acceptors (Lipinski definition) is 4. The highest BCUT2D eigenvalue weighted by Gasteiger charge is 2.16. The Labute approximate surface area is 177 Å². The van der Waals surface area contributed by atoms with E-state index in [2.05, 4.69) is 12.1 Å². The highest BCUT2D eigenvalue weighted by atomic mass is 32.1. The van der Waals surface area contributed by atoms with Gasteiger partial charge in [-0.05, 0) is 40.5 Å².